The maximum absolute atomic E-state index is 12.9. The molecule has 0 radical (unpaired) electrons. The fourth-order valence-corrected chi connectivity index (χ4v) is 4.49. The molecule has 0 fully saturated rings. The van der Waals surface area contributed by atoms with E-state index in [1.54, 1.807) is 35.3 Å². The Morgan fingerprint density at radius 3 is 2.29 bits per heavy atom. The van der Waals surface area contributed by atoms with Crippen molar-refractivity contribution in [1.82, 2.24) is 9.78 Å². The van der Waals surface area contributed by atoms with Crippen LogP contribution in [0.4, 0.5) is 5.69 Å². The molecule has 0 aliphatic carbocycles. The van der Waals surface area contributed by atoms with E-state index in [0.717, 1.165) is 16.7 Å². The van der Waals surface area contributed by atoms with E-state index in [1.165, 1.54) is 0 Å². The zero-order valence-corrected chi connectivity index (χ0v) is 14.6. The van der Waals surface area contributed by atoms with Crippen molar-refractivity contribution in [3.63, 3.8) is 0 Å². The molecule has 1 aromatic heterocycles. The first kappa shape index (κ1) is 16.3. The fraction of sp³-hybridized carbons (Fsp3) is 0.167. The molecule has 2 aromatic carbocycles. The maximum atomic E-state index is 12.9. The fourth-order valence-electron chi connectivity index (χ4n) is 2.96. The SMILES string of the molecule is Cc1cc(C)c(S(=O)(=O)Nc2ccccc2-n2cccn2)c(C)c1. The topological polar surface area (TPSA) is 64.0 Å². The first-order valence-corrected chi connectivity index (χ1v) is 9.06. The van der Waals surface area contributed by atoms with Crippen LogP contribution in [0.2, 0.25) is 0 Å². The van der Waals surface area contributed by atoms with Gasteiger partial charge in [-0.1, -0.05) is 29.8 Å². The molecule has 124 valence electrons. The molecule has 3 aromatic rings. The number of hydrogen-bond acceptors (Lipinski definition) is 3. The Bertz CT molecular complexity index is 954. The molecule has 0 amide bonds. The van der Waals surface area contributed by atoms with Crippen LogP contribution in [0.15, 0.2) is 59.8 Å². The zero-order chi connectivity index (χ0) is 17.3. The summed E-state index contributed by atoms with van der Waals surface area (Å²) < 4.78 is 30.2. The molecule has 0 aliphatic heterocycles. The predicted octanol–water partition coefficient (Wildman–Crippen LogP) is 3.60. The van der Waals surface area contributed by atoms with Gasteiger partial charge >= 0.3 is 0 Å². The number of para-hydroxylation sites is 2. The quantitative estimate of drug-likeness (QED) is 0.788. The summed E-state index contributed by atoms with van der Waals surface area (Å²) in [5.41, 5.74) is 3.67. The maximum Gasteiger partial charge on any atom is 0.262 e. The van der Waals surface area contributed by atoms with Crippen LogP contribution in [0.5, 0.6) is 0 Å². The van der Waals surface area contributed by atoms with Crippen molar-refractivity contribution < 1.29 is 8.42 Å². The highest BCUT2D eigenvalue weighted by Crippen LogP contribution is 2.27. The molecule has 3 rings (SSSR count). The van der Waals surface area contributed by atoms with Gasteiger partial charge in [0.1, 0.15) is 0 Å². The van der Waals surface area contributed by atoms with Gasteiger partial charge in [-0.3, -0.25) is 4.72 Å². The van der Waals surface area contributed by atoms with Crippen LogP contribution in [0, 0.1) is 20.8 Å². The van der Waals surface area contributed by atoms with E-state index in [-0.39, 0.29) is 0 Å². The van der Waals surface area contributed by atoms with Crippen LogP contribution >= 0.6 is 0 Å². The Hall–Kier alpha value is -2.60. The summed E-state index contributed by atoms with van der Waals surface area (Å²) in [6, 6.07) is 12.7. The molecule has 1 heterocycles. The largest absolute Gasteiger partial charge is 0.277 e. The van der Waals surface area contributed by atoms with Gasteiger partial charge in [0.2, 0.25) is 0 Å². The summed E-state index contributed by atoms with van der Waals surface area (Å²) in [5.74, 6) is 0. The highest BCUT2D eigenvalue weighted by Gasteiger charge is 2.21. The highest BCUT2D eigenvalue weighted by molar-refractivity contribution is 7.92. The number of aromatic nitrogens is 2. The number of sulfonamides is 1. The van der Waals surface area contributed by atoms with Gasteiger partial charge in [0.05, 0.1) is 16.3 Å². The summed E-state index contributed by atoms with van der Waals surface area (Å²) in [4.78, 5) is 0.323. The molecule has 0 saturated carbocycles. The standard InChI is InChI=1S/C18H19N3O2S/c1-13-11-14(2)18(15(3)12-13)24(22,23)20-16-7-4-5-8-17(16)21-10-6-9-19-21/h4-12,20H,1-3H3. The van der Waals surface area contributed by atoms with Crippen molar-refractivity contribution in [3.05, 3.63) is 71.5 Å². The average molecular weight is 341 g/mol. The number of hydrogen-bond donors (Lipinski definition) is 1. The van der Waals surface area contributed by atoms with Crippen molar-refractivity contribution >= 4 is 15.7 Å². The molecule has 0 unspecified atom stereocenters. The van der Waals surface area contributed by atoms with Gasteiger partial charge in [-0.2, -0.15) is 5.10 Å². The molecule has 6 heteroatoms. The molecule has 0 saturated heterocycles. The smallest absolute Gasteiger partial charge is 0.262 e. The third-order valence-corrected chi connectivity index (χ3v) is 5.44. The summed E-state index contributed by atoms with van der Waals surface area (Å²) in [7, 11) is -3.70. The van der Waals surface area contributed by atoms with E-state index >= 15 is 0 Å². The van der Waals surface area contributed by atoms with Crippen molar-refractivity contribution in [2.24, 2.45) is 0 Å². The molecular weight excluding hydrogens is 322 g/mol. The van der Waals surface area contributed by atoms with Gasteiger partial charge in [-0.25, -0.2) is 13.1 Å². The van der Waals surface area contributed by atoms with Crippen molar-refractivity contribution in [3.8, 4) is 5.69 Å². The number of anilines is 1. The number of nitrogens with zero attached hydrogens (tertiary/aromatic N) is 2. The van der Waals surface area contributed by atoms with E-state index in [1.807, 2.05) is 45.0 Å². The van der Waals surface area contributed by atoms with Crippen LogP contribution < -0.4 is 4.72 Å². The van der Waals surface area contributed by atoms with Crippen LogP contribution in [0.3, 0.4) is 0 Å². The minimum Gasteiger partial charge on any atom is -0.277 e. The van der Waals surface area contributed by atoms with E-state index in [9.17, 15) is 8.42 Å². The summed E-state index contributed by atoms with van der Waals surface area (Å²) >= 11 is 0. The second kappa shape index (κ2) is 6.13. The van der Waals surface area contributed by atoms with E-state index in [2.05, 4.69) is 9.82 Å². The van der Waals surface area contributed by atoms with Crippen LogP contribution in [-0.2, 0) is 10.0 Å². The summed E-state index contributed by atoms with van der Waals surface area (Å²) in [6.45, 7) is 5.58. The Morgan fingerprint density at radius 2 is 1.67 bits per heavy atom. The van der Waals surface area contributed by atoms with E-state index in [0.29, 0.717) is 16.3 Å². The lowest BCUT2D eigenvalue weighted by Crippen LogP contribution is -2.17. The molecule has 0 spiro atoms. The zero-order valence-electron chi connectivity index (χ0n) is 13.8. The second-order valence-electron chi connectivity index (χ2n) is 5.80. The Kier molecular flexibility index (Phi) is 4.15. The lowest BCUT2D eigenvalue weighted by molar-refractivity contribution is 0.600. The summed E-state index contributed by atoms with van der Waals surface area (Å²) in [6.07, 6.45) is 3.43. The van der Waals surface area contributed by atoms with Gasteiger partial charge in [0, 0.05) is 12.4 Å². The molecule has 0 atom stereocenters. The lowest BCUT2D eigenvalue weighted by atomic mass is 10.1. The number of nitrogens with one attached hydrogen (secondary N) is 1. The molecule has 5 nitrogen and oxygen atoms in total. The Balaban J connectivity index is 2.06. The van der Waals surface area contributed by atoms with Crippen LogP contribution in [-0.4, -0.2) is 18.2 Å². The molecule has 0 aliphatic rings. The van der Waals surface area contributed by atoms with Crippen molar-refractivity contribution in [2.45, 2.75) is 25.7 Å². The molecule has 1 N–H and O–H groups in total. The van der Waals surface area contributed by atoms with Crippen molar-refractivity contribution in [1.29, 1.82) is 0 Å². The third-order valence-electron chi connectivity index (χ3n) is 3.77. The molecular formula is C18H19N3O2S. The third kappa shape index (κ3) is 3.05. The van der Waals surface area contributed by atoms with Gasteiger partial charge in [-0.15, -0.1) is 0 Å². The normalized spacial score (nSPS) is 11.5. The molecule has 24 heavy (non-hydrogen) atoms. The van der Waals surface area contributed by atoms with Gasteiger partial charge in [-0.05, 0) is 50.1 Å². The number of rotatable bonds is 4. The first-order chi connectivity index (χ1) is 11.4. The van der Waals surface area contributed by atoms with Crippen molar-refractivity contribution in [2.75, 3.05) is 4.72 Å². The monoisotopic (exact) mass is 341 g/mol. The van der Waals surface area contributed by atoms with Crippen LogP contribution in [0.1, 0.15) is 16.7 Å². The van der Waals surface area contributed by atoms with Gasteiger partial charge in [0.15, 0.2) is 0 Å². The lowest BCUT2D eigenvalue weighted by Gasteiger charge is -2.16. The average Bonchev–Trinajstić information content (AvgIpc) is 2.99. The van der Waals surface area contributed by atoms with Gasteiger partial charge < -0.3 is 0 Å². The Labute approximate surface area is 142 Å². The highest BCUT2D eigenvalue weighted by atomic mass is 32.2. The first-order valence-electron chi connectivity index (χ1n) is 7.58. The Morgan fingerprint density at radius 1 is 1.00 bits per heavy atom. The van der Waals surface area contributed by atoms with Crippen LogP contribution in [0.25, 0.3) is 5.69 Å². The summed E-state index contributed by atoms with van der Waals surface area (Å²) in [5, 5.41) is 4.18. The second-order valence-corrected chi connectivity index (χ2v) is 7.42. The molecule has 0 bridgehead atoms. The van der Waals surface area contributed by atoms with Gasteiger partial charge in [0.25, 0.3) is 10.0 Å². The minimum atomic E-state index is -3.70. The minimum absolute atomic E-state index is 0.323. The van der Waals surface area contributed by atoms with E-state index in [4.69, 9.17) is 0 Å². The van der Waals surface area contributed by atoms with E-state index < -0.39 is 10.0 Å². The predicted molar refractivity (Wildman–Crippen MR) is 95.0 cm³/mol. The number of benzene rings is 2. The number of aryl methyl sites for hydroxylation is 3.